The number of pyridine rings is 1. The predicted octanol–water partition coefficient (Wildman–Crippen LogP) is 11.9. The number of nitrogens with zero attached hydrogens (tertiary/aromatic N) is 4. The van der Waals surface area contributed by atoms with Crippen LogP contribution >= 0.6 is 11.3 Å². The second kappa shape index (κ2) is 11.6. The molecule has 0 radical (unpaired) electrons. The first-order chi connectivity index (χ1) is 24.8. The molecule has 4 heterocycles. The first-order valence-corrected chi connectivity index (χ1v) is 17.3. The number of aromatic nitrogens is 4. The van der Waals surface area contributed by atoms with Crippen molar-refractivity contribution in [3.8, 4) is 56.4 Å². The molecule has 5 nitrogen and oxygen atoms in total. The van der Waals surface area contributed by atoms with Crippen LogP contribution < -0.4 is 0 Å². The van der Waals surface area contributed by atoms with Gasteiger partial charge < -0.3 is 4.42 Å². The maximum Gasteiger partial charge on any atom is 0.164 e. The molecule has 0 N–H and O–H groups in total. The second-order valence-corrected chi connectivity index (χ2v) is 13.3. The summed E-state index contributed by atoms with van der Waals surface area (Å²) in [6, 6.07) is 50.1. The van der Waals surface area contributed by atoms with Crippen molar-refractivity contribution in [1.29, 1.82) is 0 Å². The zero-order valence-corrected chi connectivity index (χ0v) is 27.4. The number of thiophene rings is 1. The summed E-state index contributed by atoms with van der Waals surface area (Å²) in [5, 5.41) is 4.50. The SMILES string of the molecule is c1ccc(-c2nc(-c3ccc(-c4cccnc4)cc3)nc(-c3ccc(-c4cccc5sc6ccccc6c45)c4oc5ccccc5c34)n2)cc1. The molecule has 0 aliphatic heterocycles. The minimum Gasteiger partial charge on any atom is -0.455 e. The Morgan fingerprint density at radius 3 is 1.90 bits per heavy atom. The number of hydrogen-bond donors (Lipinski definition) is 0. The fourth-order valence-electron chi connectivity index (χ4n) is 6.91. The third-order valence-electron chi connectivity index (χ3n) is 9.27. The topological polar surface area (TPSA) is 64.7 Å². The molecule has 10 rings (SSSR count). The summed E-state index contributed by atoms with van der Waals surface area (Å²) >= 11 is 1.82. The molecule has 234 valence electrons. The van der Waals surface area contributed by atoms with Gasteiger partial charge in [-0.15, -0.1) is 11.3 Å². The first-order valence-electron chi connectivity index (χ1n) is 16.5. The maximum atomic E-state index is 6.75. The monoisotopic (exact) mass is 658 g/mol. The van der Waals surface area contributed by atoms with Gasteiger partial charge in [-0.25, -0.2) is 15.0 Å². The Balaban J connectivity index is 1.21. The van der Waals surface area contributed by atoms with E-state index < -0.39 is 0 Å². The lowest BCUT2D eigenvalue weighted by Gasteiger charge is -2.12. The Bertz CT molecular complexity index is 2860. The molecule has 0 saturated carbocycles. The average Bonchev–Trinajstić information content (AvgIpc) is 3.77. The highest BCUT2D eigenvalue weighted by Crippen LogP contribution is 2.45. The van der Waals surface area contributed by atoms with Gasteiger partial charge in [0, 0.05) is 65.6 Å². The lowest BCUT2D eigenvalue weighted by molar-refractivity contribution is 0.670. The molecule has 6 aromatic carbocycles. The molecular formula is C44H26N4OS. The molecule has 0 unspecified atom stereocenters. The van der Waals surface area contributed by atoms with Crippen LogP contribution in [0.25, 0.3) is 98.5 Å². The summed E-state index contributed by atoms with van der Waals surface area (Å²) in [6.45, 7) is 0. The van der Waals surface area contributed by atoms with Gasteiger partial charge in [-0.1, -0.05) is 109 Å². The first kappa shape index (κ1) is 28.5. The average molecular weight is 659 g/mol. The fourth-order valence-corrected chi connectivity index (χ4v) is 8.04. The molecule has 0 amide bonds. The van der Waals surface area contributed by atoms with Crippen LogP contribution in [0, 0.1) is 0 Å². The third-order valence-corrected chi connectivity index (χ3v) is 10.4. The molecule has 50 heavy (non-hydrogen) atoms. The Labute approximate surface area is 291 Å². The van der Waals surface area contributed by atoms with E-state index in [1.807, 2.05) is 66.1 Å². The fraction of sp³-hybridized carbons (Fsp3) is 0. The summed E-state index contributed by atoms with van der Waals surface area (Å²) in [5.41, 5.74) is 8.67. The van der Waals surface area contributed by atoms with Gasteiger partial charge in [0.05, 0.1) is 0 Å². The van der Waals surface area contributed by atoms with Crippen molar-refractivity contribution in [2.75, 3.05) is 0 Å². The second-order valence-electron chi connectivity index (χ2n) is 12.2. The molecule has 0 aliphatic carbocycles. The number of benzene rings is 6. The molecular weight excluding hydrogens is 633 g/mol. The highest BCUT2D eigenvalue weighted by atomic mass is 32.1. The van der Waals surface area contributed by atoms with Crippen LogP contribution in [0.5, 0.6) is 0 Å². The van der Waals surface area contributed by atoms with Crippen molar-refractivity contribution in [2.24, 2.45) is 0 Å². The molecule has 0 spiro atoms. The van der Waals surface area contributed by atoms with Crippen molar-refractivity contribution in [1.82, 2.24) is 19.9 Å². The molecule has 10 aromatic rings. The van der Waals surface area contributed by atoms with Crippen LogP contribution in [0.4, 0.5) is 0 Å². The summed E-state index contributed by atoms with van der Waals surface area (Å²) in [7, 11) is 0. The van der Waals surface area contributed by atoms with Crippen LogP contribution in [0.3, 0.4) is 0 Å². The van der Waals surface area contributed by atoms with E-state index in [1.165, 1.54) is 20.2 Å². The molecule has 0 atom stereocenters. The lowest BCUT2D eigenvalue weighted by atomic mass is 9.95. The van der Waals surface area contributed by atoms with Crippen molar-refractivity contribution < 1.29 is 4.42 Å². The van der Waals surface area contributed by atoms with Gasteiger partial charge >= 0.3 is 0 Å². The molecule has 6 heteroatoms. The van der Waals surface area contributed by atoms with E-state index >= 15 is 0 Å². The molecule has 0 saturated heterocycles. The standard InChI is InChI=1S/C44H26N4OS/c1-2-10-28(11-3-1)42-46-43(29-21-19-27(20-22-29)30-12-9-25-45-26-30)48-44(47-42)35-24-23-32(41-40(35)33-13-4-6-16-36(33)49-41)31-15-8-18-38-39(31)34-14-5-7-17-37(34)50-38/h1-26H. The van der Waals surface area contributed by atoms with Crippen LogP contribution in [0.15, 0.2) is 162 Å². The van der Waals surface area contributed by atoms with E-state index in [1.54, 1.807) is 6.20 Å². The normalized spacial score (nSPS) is 11.6. The Morgan fingerprint density at radius 1 is 0.420 bits per heavy atom. The van der Waals surface area contributed by atoms with Crippen LogP contribution in [0.1, 0.15) is 0 Å². The van der Waals surface area contributed by atoms with Gasteiger partial charge in [0.1, 0.15) is 11.2 Å². The van der Waals surface area contributed by atoms with Gasteiger partial charge in [0.25, 0.3) is 0 Å². The van der Waals surface area contributed by atoms with Gasteiger partial charge in [0.2, 0.25) is 0 Å². The van der Waals surface area contributed by atoms with E-state index in [-0.39, 0.29) is 0 Å². The number of furan rings is 1. The van der Waals surface area contributed by atoms with Gasteiger partial charge in [-0.2, -0.15) is 0 Å². The number of para-hydroxylation sites is 1. The predicted molar refractivity (Wildman–Crippen MR) is 205 cm³/mol. The molecule has 0 fully saturated rings. The summed E-state index contributed by atoms with van der Waals surface area (Å²) in [4.78, 5) is 19.5. The number of fused-ring (bicyclic) bond motifs is 6. The minimum atomic E-state index is 0.590. The van der Waals surface area contributed by atoms with Gasteiger partial charge in [-0.05, 0) is 53.1 Å². The number of hydrogen-bond acceptors (Lipinski definition) is 6. The van der Waals surface area contributed by atoms with E-state index in [0.29, 0.717) is 17.5 Å². The summed E-state index contributed by atoms with van der Waals surface area (Å²) < 4.78 is 9.27. The summed E-state index contributed by atoms with van der Waals surface area (Å²) in [5.74, 6) is 1.81. The smallest absolute Gasteiger partial charge is 0.164 e. The number of rotatable bonds is 5. The lowest BCUT2D eigenvalue weighted by Crippen LogP contribution is -2.00. The quantitative estimate of drug-likeness (QED) is 0.184. The highest BCUT2D eigenvalue weighted by molar-refractivity contribution is 7.25. The van der Waals surface area contributed by atoms with E-state index in [4.69, 9.17) is 19.4 Å². The largest absolute Gasteiger partial charge is 0.455 e. The van der Waals surface area contributed by atoms with E-state index in [9.17, 15) is 0 Å². The van der Waals surface area contributed by atoms with Crippen molar-refractivity contribution in [3.05, 3.63) is 158 Å². The van der Waals surface area contributed by atoms with Gasteiger partial charge in [-0.3, -0.25) is 4.98 Å². The van der Waals surface area contributed by atoms with Crippen molar-refractivity contribution >= 4 is 53.4 Å². The maximum absolute atomic E-state index is 6.75. The van der Waals surface area contributed by atoms with E-state index in [2.05, 4.69) is 102 Å². The zero-order valence-electron chi connectivity index (χ0n) is 26.6. The zero-order chi connectivity index (χ0) is 33.0. The Hall–Kier alpha value is -6.50. The van der Waals surface area contributed by atoms with Crippen molar-refractivity contribution in [2.45, 2.75) is 0 Å². The van der Waals surface area contributed by atoms with Gasteiger partial charge in [0.15, 0.2) is 17.5 Å². The Morgan fingerprint density at radius 2 is 1.08 bits per heavy atom. The van der Waals surface area contributed by atoms with Crippen LogP contribution in [-0.2, 0) is 0 Å². The third kappa shape index (κ3) is 4.69. The highest BCUT2D eigenvalue weighted by Gasteiger charge is 2.22. The molecule has 4 aromatic heterocycles. The molecule has 0 aliphatic rings. The van der Waals surface area contributed by atoms with Crippen molar-refractivity contribution in [3.63, 3.8) is 0 Å². The summed E-state index contributed by atoms with van der Waals surface area (Å²) in [6.07, 6.45) is 3.65. The van der Waals surface area contributed by atoms with Crippen LogP contribution in [0.2, 0.25) is 0 Å². The minimum absolute atomic E-state index is 0.590. The van der Waals surface area contributed by atoms with E-state index in [0.717, 1.165) is 60.9 Å². The molecule has 0 bridgehead atoms. The van der Waals surface area contributed by atoms with Crippen LogP contribution in [-0.4, -0.2) is 19.9 Å². The Kier molecular flexibility index (Phi) is 6.60.